The number of carbonyl (C=O) groups is 1. The van der Waals surface area contributed by atoms with Crippen molar-refractivity contribution in [3.63, 3.8) is 0 Å². The number of pyridine rings is 1. The molecule has 1 unspecified atom stereocenters. The van der Waals surface area contributed by atoms with Crippen LogP contribution in [0.4, 0.5) is 19.0 Å². The molecular formula is C13H16F3N3O2. The zero-order chi connectivity index (χ0) is 15.6. The molecule has 2 heterocycles. The highest BCUT2D eigenvalue weighted by molar-refractivity contribution is 5.97. The molecule has 116 valence electrons. The minimum atomic E-state index is -4.57. The number of nitrogens with two attached hydrogens (primary N) is 1. The van der Waals surface area contributed by atoms with Crippen molar-refractivity contribution in [2.24, 2.45) is 5.73 Å². The third-order valence-corrected chi connectivity index (χ3v) is 3.40. The summed E-state index contributed by atoms with van der Waals surface area (Å²) in [7, 11) is 0. The van der Waals surface area contributed by atoms with E-state index in [-0.39, 0.29) is 17.4 Å². The monoisotopic (exact) mass is 303 g/mol. The number of hydrogen-bond acceptors (Lipinski definition) is 4. The number of halogens is 3. The third kappa shape index (κ3) is 3.26. The Bertz CT molecular complexity index is 534. The molecule has 0 bridgehead atoms. The Morgan fingerprint density at radius 1 is 1.52 bits per heavy atom. The van der Waals surface area contributed by atoms with E-state index in [0.29, 0.717) is 26.2 Å². The summed E-state index contributed by atoms with van der Waals surface area (Å²) in [5, 5.41) is 0. The first-order valence-electron chi connectivity index (χ1n) is 6.57. The van der Waals surface area contributed by atoms with Crippen molar-refractivity contribution in [2.45, 2.75) is 25.6 Å². The van der Waals surface area contributed by atoms with Crippen molar-refractivity contribution in [1.29, 1.82) is 0 Å². The zero-order valence-corrected chi connectivity index (χ0v) is 11.5. The number of carbonyl (C=O) groups excluding carboxylic acids is 1. The van der Waals surface area contributed by atoms with E-state index in [4.69, 9.17) is 10.5 Å². The van der Waals surface area contributed by atoms with Crippen LogP contribution in [0.25, 0.3) is 0 Å². The van der Waals surface area contributed by atoms with Crippen LogP contribution in [-0.4, -0.2) is 36.7 Å². The van der Waals surface area contributed by atoms with E-state index >= 15 is 0 Å². The lowest BCUT2D eigenvalue weighted by molar-refractivity contribution is -0.141. The largest absolute Gasteiger partial charge is 0.433 e. The van der Waals surface area contributed by atoms with Gasteiger partial charge in [-0.2, -0.15) is 13.2 Å². The molecule has 2 N–H and O–H groups in total. The maximum Gasteiger partial charge on any atom is 0.433 e. The molecule has 2 rings (SSSR count). The maximum atomic E-state index is 12.8. The van der Waals surface area contributed by atoms with Crippen molar-refractivity contribution in [1.82, 2.24) is 4.98 Å². The van der Waals surface area contributed by atoms with Gasteiger partial charge in [0.05, 0.1) is 24.8 Å². The summed E-state index contributed by atoms with van der Waals surface area (Å²) in [5.41, 5.74) is 4.20. The molecule has 0 spiro atoms. The topological polar surface area (TPSA) is 68.4 Å². The fraction of sp³-hybridized carbons (Fsp3) is 0.538. The summed E-state index contributed by atoms with van der Waals surface area (Å²) in [4.78, 5) is 16.8. The lowest BCUT2D eigenvalue weighted by Gasteiger charge is -2.37. The number of morpholine rings is 1. The van der Waals surface area contributed by atoms with Crippen LogP contribution in [0, 0.1) is 0 Å². The first-order chi connectivity index (χ1) is 9.84. The first kappa shape index (κ1) is 15.6. The van der Waals surface area contributed by atoms with Gasteiger partial charge in [-0.3, -0.25) is 4.79 Å². The van der Waals surface area contributed by atoms with Gasteiger partial charge in [-0.05, 0) is 18.6 Å². The molecule has 1 atom stereocenters. The zero-order valence-electron chi connectivity index (χ0n) is 11.5. The molecule has 1 aromatic heterocycles. The predicted octanol–water partition coefficient (Wildman–Crippen LogP) is 1.81. The molecule has 5 nitrogen and oxygen atoms in total. The van der Waals surface area contributed by atoms with E-state index in [1.807, 2.05) is 6.92 Å². The average Bonchev–Trinajstić information content (AvgIpc) is 2.45. The Balaban J connectivity index is 2.49. The van der Waals surface area contributed by atoms with E-state index < -0.39 is 17.8 Å². The predicted molar refractivity (Wildman–Crippen MR) is 70.0 cm³/mol. The molecule has 0 radical (unpaired) electrons. The van der Waals surface area contributed by atoms with Gasteiger partial charge in [-0.1, -0.05) is 6.92 Å². The van der Waals surface area contributed by atoms with E-state index in [9.17, 15) is 18.0 Å². The average molecular weight is 303 g/mol. The minimum absolute atomic E-state index is 0.0108. The second kappa shape index (κ2) is 5.88. The highest BCUT2D eigenvalue weighted by atomic mass is 19.4. The summed E-state index contributed by atoms with van der Waals surface area (Å²) in [6, 6.07) is 1.72. The number of ether oxygens (including phenoxy) is 1. The van der Waals surface area contributed by atoms with Crippen LogP contribution in [0.3, 0.4) is 0 Å². The first-order valence-corrected chi connectivity index (χ1v) is 6.57. The molecule has 8 heteroatoms. The number of anilines is 1. The van der Waals surface area contributed by atoms with E-state index in [1.54, 1.807) is 4.90 Å². The fourth-order valence-corrected chi connectivity index (χ4v) is 2.29. The summed E-state index contributed by atoms with van der Waals surface area (Å²) >= 11 is 0. The highest BCUT2D eigenvalue weighted by Gasteiger charge is 2.35. The number of aromatic nitrogens is 1. The summed E-state index contributed by atoms with van der Waals surface area (Å²) in [6.45, 7) is 3.01. The molecular weight excluding hydrogens is 287 g/mol. The Labute approximate surface area is 119 Å². The Morgan fingerprint density at radius 3 is 2.81 bits per heavy atom. The normalized spacial score (nSPS) is 19.6. The van der Waals surface area contributed by atoms with Gasteiger partial charge in [-0.25, -0.2) is 4.98 Å². The number of amides is 1. The van der Waals surface area contributed by atoms with Crippen LogP contribution in [0.2, 0.25) is 0 Å². The number of primary amides is 1. The fourth-order valence-electron chi connectivity index (χ4n) is 2.29. The van der Waals surface area contributed by atoms with Crippen molar-refractivity contribution in [3.8, 4) is 0 Å². The van der Waals surface area contributed by atoms with E-state index in [0.717, 1.165) is 12.1 Å². The van der Waals surface area contributed by atoms with Gasteiger partial charge in [0.25, 0.3) is 5.91 Å². The molecule has 1 saturated heterocycles. The van der Waals surface area contributed by atoms with Crippen molar-refractivity contribution in [3.05, 3.63) is 23.4 Å². The summed E-state index contributed by atoms with van der Waals surface area (Å²) in [6.07, 6.45) is -3.91. The van der Waals surface area contributed by atoms with Gasteiger partial charge in [0.1, 0.15) is 11.5 Å². The number of hydrogen-bond donors (Lipinski definition) is 1. The van der Waals surface area contributed by atoms with Crippen LogP contribution >= 0.6 is 0 Å². The highest BCUT2D eigenvalue weighted by Crippen LogP contribution is 2.31. The van der Waals surface area contributed by atoms with Gasteiger partial charge in [0, 0.05) is 6.54 Å². The second-order valence-corrected chi connectivity index (χ2v) is 4.76. The maximum absolute atomic E-state index is 12.8. The molecule has 21 heavy (non-hydrogen) atoms. The molecule has 1 aliphatic rings. The molecule has 0 aliphatic carbocycles. The van der Waals surface area contributed by atoms with Gasteiger partial charge >= 0.3 is 6.18 Å². The Kier molecular flexibility index (Phi) is 4.36. The molecule has 1 aliphatic heterocycles. The lowest BCUT2D eigenvalue weighted by Crippen LogP contribution is -2.46. The van der Waals surface area contributed by atoms with Crippen molar-refractivity contribution in [2.75, 3.05) is 24.7 Å². The van der Waals surface area contributed by atoms with Crippen LogP contribution < -0.4 is 10.6 Å². The third-order valence-electron chi connectivity index (χ3n) is 3.40. The summed E-state index contributed by atoms with van der Waals surface area (Å²) in [5.74, 6) is -0.819. The SMILES string of the molecule is CCC1COCCN1c1nc(C(F)(F)F)ccc1C(N)=O. The van der Waals surface area contributed by atoms with E-state index in [2.05, 4.69) is 4.98 Å². The number of nitrogens with zero attached hydrogens (tertiary/aromatic N) is 2. The van der Waals surface area contributed by atoms with Crippen LogP contribution in [0.1, 0.15) is 29.4 Å². The van der Waals surface area contributed by atoms with Gasteiger partial charge in [0.2, 0.25) is 0 Å². The lowest BCUT2D eigenvalue weighted by atomic mass is 10.1. The molecule has 1 fully saturated rings. The quantitative estimate of drug-likeness (QED) is 0.924. The minimum Gasteiger partial charge on any atom is -0.377 e. The number of rotatable bonds is 3. The van der Waals surface area contributed by atoms with Gasteiger partial charge in [-0.15, -0.1) is 0 Å². The van der Waals surface area contributed by atoms with Crippen molar-refractivity contribution < 1.29 is 22.7 Å². The van der Waals surface area contributed by atoms with Crippen LogP contribution in [-0.2, 0) is 10.9 Å². The molecule has 1 aromatic rings. The number of alkyl halides is 3. The Hall–Kier alpha value is -1.83. The summed E-state index contributed by atoms with van der Waals surface area (Å²) < 4.78 is 43.8. The van der Waals surface area contributed by atoms with Gasteiger partial charge in [0.15, 0.2) is 0 Å². The second-order valence-electron chi connectivity index (χ2n) is 4.76. The van der Waals surface area contributed by atoms with E-state index in [1.165, 1.54) is 0 Å². The molecule has 0 aromatic carbocycles. The van der Waals surface area contributed by atoms with Crippen molar-refractivity contribution >= 4 is 11.7 Å². The van der Waals surface area contributed by atoms with Crippen LogP contribution in [0.15, 0.2) is 12.1 Å². The van der Waals surface area contributed by atoms with Crippen LogP contribution in [0.5, 0.6) is 0 Å². The standard InChI is InChI=1S/C13H16F3N3O2/c1-2-8-7-21-6-5-19(8)12-9(11(17)20)3-4-10(18-12)13(14,15)16/h3-4,8H,2,5-7H2,1H3,(H2,17,20). The Morgan fingerprint density at radius 2 is 2.24 bits per heavy atom. The smallest absolute Gasteiger partial charge is 0.377 e. The van der Waals surface area contributed by atoms with Gasteiger partial charge < -0.3 is 15.4 Å². The molecule has 0 saturated carbocycles. The molecule has 1 amide bonds.